The van der Waals surface area contributed by atoms with Crippen LogP contribution in [0.1, 0.15) is 444 Å². The lowest BCUT2D eigenvalue weighted by Gasteiger charge is -2.15. The molecule has 0 aromatic rings. The van der Waals surface area contributed by atoms with Gasteiger partial charge in [-0.15, -0.1) is 0 Å². The third-order valence-electron chi connectivity index (χ3n) is 17.8. The van der Waals surface area contributed by atoms with E-state index in [0.717, 1.165) is 32.1 Å². The minimum atomic E-state index is -0.768. The molecule has 0 aromatic heterocycles. The molecule has 0 fully saturated rings. The first-order valence-corrected chi connectivity index (χ1v) is 37.7. The van der Waals surface area contributed by atoms with Gasteiger partial charge in [-0.25, -0.2) is 0 Å². The lowest BCUT2D eigenvalue weighted by molar-refractivity contribution is -0.161. The molecule has 1 unspecified atom stereocenters. The molecule has 0 aliphatic rings. The maximum Gasteiger partial charge on any atom is 0.306 e. The molecule has 1 N–H and O–H groups in total. The van der Waals surface area contributed by atoms with Gasteiger partial charge in [-0.2, -0.15) is 0 Å². The SMILES string of the molecule is CCCCCCCCCC/C=C\CCCCCCCCCCCCCCCCCC(=O)OC(CO)COC(=O)CCCCCCCCCCCCCCCCCCCCCCCCCCCCCCCCCCCCCCCCCC. The van der Waals surface area contributed by atoms with E-state index < -0.39 is 6.10 Å². The molecule has 1 atom stereocenters. The number of aliphatic hydroxyl groups is 1. The highest BCUT2D eigenvalue weighted by atomic mass is 16.6. The van der Waals surface area contributed by atoms with Crippen LogP contribution in [0, 0.1) is 0 Å². The molecule has 0 amide bonds. The van der Waals surface area contributed by atoms with Crippen LogP contribution in [0.2, 0.25) is 0 Å². The Balaban J connectivity index is 3.34. The van der Waals surface area contributed by atoms with Crippen molar-refractivity contribution >= 4 is 11.9 Å². The van der Waals surface area contributed by atoms with Gasteiger partial charge in [-0.3, -0.25) is 9.59 Å². The highest BCUT2D eigenvalue weighted by Gasteiger charge is 2.16. The van der Waals surface area contributed by atoms with Crippen LogP contribution in [0.4, 0.5) is 0 Å². The molecule has 0 bridgehead atoms. The molecule has 0 aliphatic heterocycles. The molecule has 0 rings (SSSR count). The summed E-state index contributed by atoms with van der Waals surface area (Å²) in [6.45, 7) is 4.22. The lowest BCUT2D eigenvalue weighted by atomic mass is 10.0. The fraction of sp³-hybridized carbons (Fsp3) is 0.947. The standard InChI is InChI=1S/C76H148O5/c1-3-5-7-9-11-13-15-17-19-21-23-25-27-29-31-32-33-34-35-36-37-38-39-40-41-42-43-45-46-48-50-52-54-56-58-60-62-64-66-68-70-75(78)80-73-74(72-77)81-76(79)71-69-67-65-63-61-59-57-55-53-51-49-47-44-30-28-26-24-22-20-18-16-14-12-10-8-6-4-2/h22,24,74,77H,3-21,23,25-73H2,1-2H3/b24-22-. The van der Waals surface area contributed by atoms with Gasteiger partial charge in [0.15, 0.2) is 6.10 Å². The van der Waals surface area contributed by atoms with Gasteiger partial charge in [0.25, 0.3) is 0 Å². The van der Waals surface area contributed by atoms with E-state index in [1.807, 2.05) is 0 Å². The molecule has 0 aliphatic carbocycles. The van der Waals surface area contributed by atoms with E-state index in [1.165, 1.54) is 385 Å². The van der Waals surface area contributed by atoms with Gasteiger partial charge in [0.2, 0.25) is 0 Å². The smallest absolute Gasteiger partial charge is 0.306 e. The van der Waals surface area contributed by atoms with Gasteiger partial charge in [0, 0.05) is 12.8 Å². The van der Waals surface area contributed by atoms with E-state index in [2.05, 4.69) is 26.0 Å². The van der Waals surface area contributed by atoms with Crippen LogP contribution in [0.5, 0.6) is 0 Å². The van der Waals surface area contributed by atoms with E-state index in [9.17, 15) is 14.7 Å². The maximum atomic E-state index is 12.4. The van der Waals surface area contributed by atoms with Crippen molar-refractivity contribution in [2.24, 2.45) is 0 Å². The Hall–Kier alpha value is -1.36. The Morgan fingerprint density at radius 3 is 0.667 bits per heavy atom. The first kappa shape index (κ1) is 79.6. The quantitative estimate of drug-likeness (QED) is 0.0373. The number of hydrogen-bond acceptors (Lipinski definition) is 5. The van der Waals surface area contributed by atoms with E-state index in [4.69, 9.17) is 9.47 Å². The third kappa shape index (κ3) is 71.0. The van der Waals surface area contributed by atoms with Crippen LogP contribution in [0.25, 0.3) is 0 Å². The summed E-state index contributed by atoms with van der Waals surface area (Å²) in [5.74, 6) is -0.561. The van der Waals surface area contributed by atoms with Crippen molar-refractivity contribution in [2.75, 3.05) is 13.2 Å². The van der Waals surface area contributed by atoms with Crippen LogP contribution >= 0.6 is 0 Å². The summed E-state index contributed by atoms with van der Waals surface area (Å²) in [5, 5.41) is 9.71. The normalized spacial score (nSPS) is 12.1. The van der Waals surface area contributed by atoms with Crippen molar-refractivity contribution in [1.29, 1.82) is 0 Å². The van der Waals surface area contributed by atoms with Crippen LogP contribution in [0.3, 0.4) is 0 Å². The van der Waals surface area contributed by atoms with Crippen LogP contribution in [-0.2, 0) is 19.1 Å². The number of unbranched alkanes of at least 4 members (excludes halogenated alkanes) is 62. The Kier molecular flexibility index (Phi) is 71.7. The van der Waals surface area contributed by atoms with Crippen LogP contribution < -0.4 is 0 Å². The zero-order chi connectivity index (χ0) is 58.4. The molecule has 0 spiro atoms. The number of allylic oxidation sites excluding steroid dienone is 2. The van der Waals surface area contributed by atoms with E-state index in [1.54, 1.807) is 0 Å². The summed E-state index contributed by atoms with van der Waals surface area (Å²) in [6.07, 6.45) is 94.4. The largest absolute Gasteiger partial charge is 0.462 e. The number of rotatable bonds is 72. The number of ether oxygens (including phenoxy) is 2. The number of aliphatic hydroxyl groups excluding tert-OH is 1. The Morgan fingerprint density at radius 2 is 0.457 bits per heavy atom. The van der Waals surface area contributed by atoms with Gasteiger partial charge < -0.3 is 14.6 Å². The van der Waals surface area contributed by atoms with Crippen molar-refractivity contribution in [3.8, 4) is 0 Å². The second kappa shape index (κ2) is 72.9. The van der Waals surface area contributed by atoms with Crippen molar-refractivity contribution in [3.63, 3.8) is 0 Å². The molecule has 482 valence electrons. The predicted octanol–water partition coefficient (Wildman–Crippen LogP) is 26.2. The zero-order valence-corrected chi connectivity index (χ0v) is 55.6. The van der Waals surface area contributed by atoms with Gasteiger partial charge in [0.1, 0.15) is 6.61 Å². The highest BCUT2D eigenvalue weighted by Crippen LogP contribution is 2.20. The van der Waals surface area contributed by atoms with Gasteiger partial charge in [-0.05, 0) is 38.5 Å². The summed E-state index contributed by atoms with van der Waals surface area (Å²) < 4.78 is 10.8. The van der Waals surface area contributed by atoms with Gasteiger partial charge in [0.05, 0.1) is 6.61 Å². The lowest BCUT2D eigenvalue weighted by Crippen LogP contribution is -2.28. The predicted molar refractivity (Wildman–Crippen MR) is 358 cm³/mol. The van der Waals surface area contributed by atoms with Crippen molar-refractivity contribution in [1.82, 2.24) is 0 Å². The van der Waals surface area contributed by atoms with Crippen molar-refractivity contribution < 1.29 is 24.2 Å². The van der Waals surface area contributed by atoms with Gasteiger partial charge >= 0.3 is 11.9 Å². The van der Waals surface area contributed by atoms with Gasteiger partial charge in [-0.1, -0.05) is 405 Å². The molecule has 81 heavy (non-hydrogen) atoms. The molecular weight excluding hydrogens is 993 g/mol. The third-order valence-corrected chi connectivity index (χ3v) is 17.8. The summed E-state index contributed by atoms with van der Waals surface area (Å²) in [4.78, 5) is 24.7. The highest BCUT2D eigenvalue weighted by molar-refractivity contribution is 5.70. The molecule has 5 nitrogen and oxygen atoms in total. The summed E-state index contributed by atoms with van der Waals surface area (Å²) >= 11 is 0. The first-order chi connectivity index (χ1) is 40.1. The fourth-order valence-corrected chi connectivity index (χ4v) is 12.1. The van der Waals surface area contributed by atoms with E-state index in [-0.39, 0.29) is 25.2 Å². The Labute approximate surface area is 509 Å². The van der Waals surface area contributed by atoms with Crippen molar-refractivity contribution in [2.45, 2.75) is 450 Å². The van der Waals surface area contributed by atoms with E-state index >= 15 is 0 Å². The number of carbonyl (C=O) groups is 2. The Morgan fingerprint density at radius 1 is 0.272 bits per heavy atom. The zero-order valence-electron chi connectivity index (χ0n) is 55.6. The minimum absolute atomic E-state index is 0.0572. The molecule has 0 saturated heterocycles. The van der Waals surface area contributed by atoms with Crippen LogP contribution in [0.15, 0.2) is 12.2 Å². The minimum Gasteiger partial charge on any atom is -0.462 e. The molecule has 0 heterocycles. The molecule has 0 aromatic carbocycles. The molecule has 5 heteroatoms. The number of hydrogen-bond donors (Lipinski definition) is 1. The summed E-state index contributed by atoms with van der Waals surface area (Å²) in [5.41, 5.74) is 0. The van der Waals surface area contributed by atoms with E-state index in [0.29, 0.717) is 12.8 Å². The Bertz CT molecular complexity index is 1200. The summed E-state index contributed by atoms with van der Waals surface area (Å²) in [6, 6.07) is 0. The second-order valence-electron chi connectivity index (χ2n) is 26.1. The summed E-state index contributed by atoms with van der Waals surface area (Å²) in [7, 11) is 0. The number of carbonyl (C=O) groups excluding carboxylic acids is 2. The topological polar surface area (TPSA) is 72.8 Å². The average Bonchev–Trinajstić information content (AvgIpc) is 3.47. The number of esters is 2. The monoisotopic (exact) mass is 1140 g/mol. The van der Waals surface area contributed by atoms with Crippen LogP contribution in [-0.4, -0.2) is 36.4 Å². The average molecular weight is 1140 g/mol. The molecule has 0 radical (unpaired) electrons. The second-order valence-corrected chi connectivity index (χ2v) is 26.1. The fourth-order valence-electron chi connectivity index (χ4n) is 12.1. The maximum absolute atomic E-state index is 12.4. The molecule has 0 saturated carbocycles. The molecular formula is C76H148O5. The first-order valence-electron chi connectivity index (χ1n) is 37.7. The van der Waals surface area contributed by atoms with Crippen molar-refractivity contribution in [3.05, 3.63) is 12.2 Å².